The third-order valence-electron chi connectivity index (χ3n) is 3.19. The first kappa shape index (κ1) is 16.4. The maximum Gasteiger partial charge on any atom is 0.286 e. The Bertz CT molecular complexity index is 890. The number of aryl methyl sites for hydroxylation is 1. The van der Waals surface area contributed by atoms with Crippen LogP contribution in [0.4, 0.5) is 5.69 Å². The van der Waals surface area contributed by atoms with Crippen molar-refractivity contribution in [2.45, 2.75) is 6.92 Å². The summed E-state index contributed by atoms with van der Waals surface area (Å²) in [4.78, 5) is 12.2. The van der Waals surface area contributed by atoms with Gasteiger partial charge in [-0.15, -0.1) is 10.2 Å². The fourth-order valence-corrected chi connectivity index (χ4v) is 3.01. The predicted octanol–water partition coefficient (Wildman–Crippen LogP) is 4.84. The van der Waals surface area contributed by atoms with Gasteiger partial charge in [-0.25, -0.2) is 0 Å². The molecule has 3 aromatic rings. The number of benzene rings is 2. The van der Waals surface area contributed by atoms with E-state index in [0.717, 1.165) is 22.5 Å². The van der Waals surface area contributed by atoms with Crippen molar-refractivity contribution in [1.82, 2.24) is 10.2 Å². The summed E-state index contributed by atoms with van der Waals surface area (Å²) in [6, 6.07) is 17.2. The number of para-hydroxylation sites is 1. The Hall–Kier alpha value is -2.50. The van der Waals surface area contributed by atoms with Crippen molar-refractivity contribution >= 4 is 45.6 Å². The van der Waals surface area contributed by atoms with Crippen LogP contribution in [-0.2, 0) is 0 Å². The number of halogens is 1. The van der Waals surface area contributed by atoms with Crippen LogP contribution in [0, 0.1) is 6.92 Å². The molecule has 0 aliphatic rings. The highest BCUT2D eigenvalue weighted by molar-refractivity contribution is 7.15. The van der Waals surface area contributed by atoms with E-state index in [1.807, 2.05) is 67.6 Å². The summed E-state index contributed by atoms with van der Waals surface area (Å²) in [5, 5.41) is 11.9. The average molecular weight is 356 g/mol. The second-order valence-electron chi connectivity index (χ2n) is 5.14. The molecule has 6 heteroatoms. The molecule has 1 aromatic heterocycles. The summed E-state index contributed by atoms with van der Waals surface area (Å²) < 4.78 is 0. The number of anilines is 1. The highest BCUT2D eigenvalue weighted by Crippen LogP contribution is 2.26. The van der Waals surface area contributed by atoms with Gasteiger partial charge in [-0.1, -0.05) is 71.0 Å². The van der Waals surface area contributed by atoms with Gasteiger partial charge in [-0.2, -0.15) is 0 Å². The van der Waals surface area contributed by atoms with Crippen LogP contribution in [0.1, 0.15) is 25.9 Å². The third-order valence-corrected chi connectivity index (χ3v) is 4.55. The molecule has 1 amide bonds. The summed E-state index contributed by atoms with van der Waals surface area (Å²) in [6.07, 6.45) is 1.81. The van der Waals surface area contributed by atoms with Gasteiger partial charge in [0.05, 0.1) is 5.03 Å². The molecule has 24 heavy (non-hydrogen) atoms. The lowest BCUT2D eigenvalue weighted by atomic mass is 10.1. The molecule has 1 heterocycles. The first-order chi connectivity index (χ1) is 11.6. The van der Waals surface area contributed by atoms with Gasteiger partial charge in [-0.3, -0.25) is 4.79 Å². The van der Waals surface area contributed by atoms with Crippen LogP contribution < -0.4 is 5.32 Å². The lowest BCUT2D eigenvalue weighted by molar-refractivity contribution is 0.102. The molecule has 0 aliphatic carbocycles. The summed E-state index contributed by atoms with van der Waals surface area (Å²) >= 11 is 7.47. The fourth-order valence-electron chi connectivity index (χ4n) is 2.09. The molecule has 0 spiro atoms. The number of hydrogen-bond acceptors (Lipinski definition) is 4. The Morgan fingerprint density at radius 1 is 1.08 bits per heavy atom. The molecule has 120 valence electrons. The van der Waals surface area contributed by atoms with E-state index < -0.39 is 0 Å². The van der Waals surface area contributed by atoms with Crippen molar-refractivity contribution in [2.24, 2.45) is 0 Å². The zero-order chi connectivity index (χ0) is 16.9. The zero-order valence-electron chi connectivity index (χ0n) is 12.9. The molecule has 2 aromatic carbocycles. The minimum absolute atomic E-state index is 0.268. The normalized spacial score (nSPS) is 11.3. The highest BCUT2D eigenvalue weighted by Gasteiger charge is 2.14. The average Bonchev–Trinajstić information content (AvgIpc) is 3.06. The van der Waals surface area contributed by atoms with Crippen molar-refractivity contribution in [3.8, 4) is 0 Å². The summed E-state index contributed by atoms with van der Waals surface area (Å²) in [6.45, 7) is 2.02. The van der Waals surface area contributed by atoms with E-state index in [2.05, 4.69) is 15.5 Å². The molecule has 0 atom stereocenters. The minimum Gasteiger partial charge on any atom is -0.320 e. The summed E-state index contributed by atoms with van der Waals surface area (Å²) in [7, 11) is 0. The van der Waals surface area contributed by atoms with Gasteiger partial charge in [0.25, 0.3) is 5.91 Å². The van der Waals surface area contributed by atoms with Crippen LogP contribution in [0.5, 0.6) is 0 Å². The Morgan fingerprint density at radius 3 is 2.58 bits per heavy atom. The number of aromatic nitrogens is 2. The number of carbonyl (C=O) groups excluding carboxylic acids is 1. The van der Waals surface area contributed by atoms with Gasteiger partial charge in [0.15, 0.2) is 5.01 Å². The van der Waals surface area contributed by atoms with Gasteiger partial charge in [0, 0.05) is 5.69 Å². The van der Waals surface area contributed by atoms with E-state index in [1.165, 1.54) is 0 Å². The molecular formula is C18H14ClN3OS. The van der Waals surface area contributed by atoms with Crippen molar-refractivity contribution in [3.05, 3.63) is 75.7 Å². The van der Waals surface area contributed by atoms with E-state index >= 15 is 0 Å². The van der Waals surface area contributed by atoms with E-state index in [-0.39, 0.29) is 10.9 Å². The molecule has 3 rings (SSSR count). The van der Waals surface area contributed by atoms with Crippen molar-refractivity contribution < 1.29 is 4.79 Å². The monoisotopic (exact) mass is 355 g/mol. The molecule has 0 aliphatic heterocycles. The van der Waals surface area contributed by atoms with Gasteiger partial charge in [-0.05, 0) is 30.7 Å². The van der Waals surface area contributed by atoms with Crippen LogP contribution in [0.3, 0.4) is 0 Å². The molecule has 0 saturated carbocycles. The standard InChI is InChI=1S/C18H14ClN3OS/c1-12-6-5-7-13(10-12)11-15(19)17-21-22-18(24-17)16(23)20-14-8-3-2-4-9-14/h2-11H,1H3,(H,20,23)/b15-11-. The second kappa shape index (κ2) is 7.38. The van der Waals surface area contributed by atoms with Crippen LogP contribution in [-0.4, -0.2) is 16.1 Å². The maximum atomic E-state index is 12.2. The summed E-state index contributed by atoms with van der Waals surface area (Å²) in [5.74, 6) is -0.301. The minimum atomic E-state index is -0.301. The van der Waals surface area contributed by atoms with E-state index in [4.69, 9.17) is 11.6 Å². The number of amides is 1. The van der Waals surface area contributed by atoms with Gasteiger partial charge in [0.1, 0.15) is 0 Å². The highest BCUT2D eigenvalue weighted by atomic mass is 35.5. The number of nitrogens with zero attached hydrogens (tertiary/aromatic N) is 2. The first-order valence-corrected chi connectivity index (χ1v) is 8.45. The molecule has 0 unspecified atom stereocenters. The molecular weight excluding hydrogens is 342 g/mol. The topological polar surface area (TPSA) is 54.9 Å². The van der Waals surface area contributed by atoms with Gasteiger partial charge >= 0.3 is 0 Å². The first-order valence-electron chi connectivity index (χ1n) is 7.26. The zero-order valence-corrected chi connectivity index (χ0v) is 14.4. The number of carbonyl (C=O) groups is 1. The molecule has 0 saturated heterocycles. The van der Waals surface area contributed by atoms with Crippen LogP contribution >= 0.6 is 22.9 Å². The van der Waals surface area contributed by atoms with E-state index in [0.29, 0.717) is 15.7 Å². The smallest absolute Gasteiger partial charge is 0.286 e. The third kappa shape index (κ3) is 4.07. The summed E-state index contributed by atoms with van der Waals surface area (Å²) in [5.41, 5.74) is 2.83. The van der Waals surface area contributed by atoms with E-state index in [9.17, 15) is 4.79 Å². The lowest BCUT2D eigenvalue weighted by Gasteiger charge is -2.00. The quantitative estimate of drug-likeness (QED) is 0.728. The van der Waals surface area contributed by atoms with Crippen molar-refractivity contribution in [2.75, 3.05) is 5.32 Å². The van der Waals surface area contributed by atoms with Gasteiger partial charge in [0.2, 0.25) is 5.01 Å². The van der Waals surface area contributed by atoms with Crippen LogP contribution in [0.2, 0.25) is 0 Å². The maximum absolute atomic E-state index is 12.2. The van der Waals surface area contributed by atoms with Crippen LogP contribution in [0.15, 0.2) is 54.6 Å². The predicted molar refractivity (Wildman–Crippen MR) is 99.2 cm³/mol. The molecule has 0 fully saturated rings. The molecule has 1 N–H and O–H groups in total. The van der Waals surface area contributed by atoms with Crippen LogP contribution in [0.25, 0.3) is 11.1 Å². The number of nitrogens with one attached hydrogen (secondary N) is 1. The van der Waals surface area contributed by atoms with Crippen molar-refractivity contribution in [3.63, 3.8) is 0 Å². The Morgan fingerprint density at radius 2 is 1.83 bits per heavy atom. The lowest BCUT2D eigenvalue weighted by Crippen LogP contribution is -2.11. The second-order valence-corrected chi connectivity index (χ2v) is 6.52. The fraction of sp³-hybridized carbons (Fsp3) is 0.0556. The molecule has 0 bridgehead atoms. The Labute approximate surface area is 148 Å². The SMILES string of the molecule is Cc1cccc(/C=C(\Cl)c2nnc(C(=O)Nc3ccccc3)s2)c1. The Kier molecular flexibility index (Phi) is 5.03. The molecule has 4 nitrogen and oxygen atoms in total. The van der Waals surface area contributed by atoms with Crippen molar-refractivity contribution in [1.29, 1.82) is 0 Å². The van der Waals surface area contributed by atoms with E-state index in [1.54, 1.807) is 0 Å². The number of rotatable bonds is 4. The largest absolute Gasteiger partial charge is 0.320 e. The molecule has 0 radical (unpaired) electrons. The Balaban J connectivity index is 1.76. The number of hydrogen-bond donors (Lipinski definition) is 1. The van der Waals surface area contributed by atoms with Gasteiger partial charge < -0.3 is 5.32 Å².